The number of carbonyl (C=O) groups excluding carboxylic acids is 2. The molecule has 0 saturated heterocycles. The quantitative estimate of drug-likeness (QED) is 0.373. The van der Waals surface area contributed by atoms with E-state index in [1.165, 1.54) is 17.2 Å². The molecule has 1 heterocycles. The van der Waals surface area contributed by atoms with Gasteiger partial charge in [0.15, 0.2) is 6.29 Å². The van der Waals surface area contributed by atoms with Crippen LogP contribution in [0.25, 0.3) is 0 Å². The first-order valence-electron chi connectivity index (χ1n) is 10.9. The molecule has 1 aromatic heterocycles. The molecule has 0 aliphatic heterocycles. The number of carbonyl (C=O) groups is 2. The average molecular weight is 485 g/mol. The number of rotatable bonds is 7. The van der Waals surface area contributed by atoms with Crippen LogP contribution < -0.4 is 11.1 Å². The zero-order valence-electron chi connectivity index (χ0n) is 20.3. The third kappa shape index (κ3) is 7.04. The SMILES string of the molecule is C=C(C1=CC(C)C=C1)N(C)C(=O)c1cccc(CNc2ncc(Cl)cc2C=O)c1N.CC.CO. The van der Waals surface area contributed by atoms with Crippen LogP contribution in [0.2, 0.25) is 5.02 Å². The summed E-state index contributed by atoms with van der Waals surface area (Å²) < 4.78 is 0. The van der Waals surface area contributed by atoms with Crippen LogP contribution in [0.3, 0.4) is 0 Å². The van der Waals surface area contributed by atoms with Crippen molar-refractivity contribution < 1.29 is 14.7 Å². The van der Waals surface area contributed by atoms with Crippen LogP contribution in [-0.2, 0) is 6.54 Å². The van der Waals surface area contributed by atoms with Crippen LogP contribution in [0.1, 0.15) is 47.1 Å². The van der Waals surface area contributed by atoms with Crippen LogP contribution in [0.5, 0.6) is 0 Å². The van der Waals surface area contributed by atoms with E-state index in [0.717, 1.165) is 12.7 Å². The topological polar surface area (TPSA) is 109 Å². The fraction of sp³-hybridized carbons (Fsp3) is 0.269. The lowest BCUT2D eigenvalue weighted by molar-refractivity contribution is 0.0840. The van der Waals surface area contributed by atoms with Crippen molar-refractivity contribution >= 4 is 35.3 Å². The molecule has 0 fully saturated rings. The average Bonchev–Trinajstić information content (AvgIpc) is 3.31. The van der Waals surface area contributed by atoms with Gasteiger partial charge in [0, 0.05) is 38.3 Å². The molecule has 1 aromatic carbocycles. The molecule has 1 aliphatic rings. The normalized spacial score (nSPS) is 13.5. The Hall–Kier alpha value is -3.42. The Balaban J connectivity index is 0.00000137. The molecule has 34 heavy (non-hydrogen) atoms. The van der Waals surface area contributed by atoms with Gasteiger partial charge in [0.05, 0.1) is 16.1 Å². The lowest BCUT2D eigenvalue weighted by Crippen LogP contribution is -2.27. The van der Waals surface area contributed by atoms with Crippen molar-refractivity contribution in [1.29, 1.82) is 0 Å². The molecular weight excluding hydrogens is 452 g/mol. The number of aliphatic hydroxyl groups excluding tert-OH is 1. The summed E-state index contributed by atoms with van der Waals surface area (Å²) in [6.45, 7) is 10.4. The largest absolute Gasteiger partial charge is 0.400 e. The van der Waals surface area contributed by atoms with Gasteiger partial charge >= 0.3 is 0 Å². The fourth-order valence-corrected chi connectivity index (χ4v) is 3.33. The van der Waals surface area contributed by atoms with E-state index >= 15 is 0 Å². The molecule has 1 unspecified atom stereocenters. The minimum Gasteiger partial charge on any atom is -0.400 e. The monoisotopic (exact) mass is 484 g/mol. The number of anilines is 2. The second-order valence-electron chi connectivity index (χ2n) is 7.09. The highest BCUT2D eigenvalue weighted by atomic mass is 35.5. The Morgan fingerprint density at radius 3 is 2.62 bits per heavy atom. The number of benzene rings is 1. The highest BCUT2D eigenvalue weighted by Crippen LogP contribution is 2.26. The molecule has 7 nitrogen and oxygen atoms in total. The van der Waals surface area contributed by atoms with Gasteiger partial charge in [-0.3, -0.25) is 9.59 Å². The first kappa shape index (κ1) is 28.6. The van der Waals surface area contributed by atoms with Gasteiger partial charge in [0.25, 0.3) is 5.91 Å². The number of likely N-dealkylation sites (N-methyl/N-ethyl adjacent to an activating group) is 1. The summed E-state index contributed by atoms with van der Waals surface area (Å²) in [7, 11) is 2.68. The van der Waals surface area contributed by atoms with Crippen LogP contribution in [-0.4, -0.2) is 41.3 Å². The number of aromatic nitrogens is 1. The predicted octanol–water partition coefficient (Wildman–Crippen LogP) is 5.09. The number of hydrogen-bond donors (Lipinski definition) is 3. The van der Waals surface area contributed by atoms with E-state index in [4.69, 9.17) is 22.4 Å². The van der Waals surface area contributed by atoms with Crippen molar-refractivity contribution in [1.82, 2.24) is 9.88 Å². The van der Waals surface area contributed by atoms with E-state index in [-0.39, 0.29) is 5.91 Å². The third-order valence-electron chi connectivity index (χ3n) is 4.95. The molecule has 0 bridgehead atoms. The van der Waals surface area contributed by atoms with E-state index in [9.17, 15) is 9.59 Å². The number of aldehydes is 1. The Labute approximate surface area is 206 Å². The molecule has 4 N–H and O–H groups in total. The first-order chi connectivity index (χ1) is 16.3. The fourth-order valence-electron chi connectivity index (χ4n) is 3.16. The predicted molar refractivity (Wildman–Crippen MR) is 140 cm³/mol. The second kappa shape index (κ2) is 14.0. The Kier molecular flexibility index (Phi) is 11.8. The number of pyridine rings is 1. The number of aliphatic hydroxyl groups is 1. The summed E-state index contributed by atoms with van der Waals surface area (Å²) in [5.74, 6) is 0.467. The van der Waals surface area contributed by atoms with Crippen molar-refractivity contribution in [3.05, 3.63) is 88.3 Å². The van der Waals surface area contributed by atoms with Gasteiger partial charge in [0.2, 0.25) is 0 Å². The Morgan fingerprint density at radius 2 is 2.03 bits per heavy atom. The van der Waals surface area contributed by atoms with E-state index < -0.39 is 0 Å². The number of allylic oxidation sites excluding steroid dienone is 3. The standard InChI is InChI=1S/C23H23ClN4O2.C2H6.CH4O/c1-14-7-8-16(9-14)15(2)28(3)23(30)20-6-4-5-17(21(20)25)11-26-22-18(13-29)10-19(24)12-27-22;2*1-2/h4-10,12-14H,2,11,25H2,1,3H3,(H,26,27);1-2H3;2H,1H3. The van der Waals surface area contributed by atoms with E-state index in [1.807, 2.05) is 26.0 Å². The zero-order valence-corrected chi connectivity index (χ0v) is 21.1. The summed E-state index contributed by atoms with van der Waals surface area (Å²) in [5.41, 5.74) is 9.63. The third-order valence-corrected chi connectivity index (χ3v) is 5.16. The number of nitrogens with zero attached hydrogens (tertiary/aromatic N) is 2. The van der Waals surface area contributed by atoms with E-state index in [2.05, 4.69) is 36.0 Å². The molecule has 1 amide bonds. The highest BCUT2D eigenvalue weighted by Gasteiger charge is 2.21. The maximum absolute atomic E-state index is 13.0. The lowest BCUT2D eigenvalue weighted by atomic mass is 10.0. The Bertz CT molecular complexity index is 1080. The molecule has 0 spiro atoms. The second-order valence-corrected chi connectivity index (χ2v) is 7.53. The van der Waals surface area contributed by atoms with Crippen molar-refractivity contribution in [2.45, 2.75) is 27.3 Å². The number of para-hydroxylation sites is 1. The zero-order chi connectivity index (χ0) is 25.8. The van der Waals surface area contributed by atoms with E-state index in [0.29, 0.717) is 57.7 Å². The summed E-state index contributed by atoms with van der Waals surface area (Å²) >= 11 is 5.88. The van der Waals surface area contributed by atoms with E-state index in [1.54, 1.807) is 19.2 Å². The van der Waals surface area contributed by atoms with Crippen LogP contribution >= 0.6 is 11.6 Å². The summed E-state index contributed by atoms with van der Waals surface area (Å²) in [4.78, 5) is 29.9. The van der Waals surface area contributed by atoms with Crippen LogP contribution in [0.15, 0.2) is 66.5 Å². The number of hydrogen-bond acceptors (Lipinski definition) is 6. The lowest BCUT2D eigenvalue weighted by Gasteiger charge is -2.22. The maximum atomic E-state index is 13.0. The number of amides is 1. The molecule has 3 rings (SSSR count). The molecular formula is C26H33ClN4O3. The van der Waals surface area contributed by atoms with Crippen molar-refractivity contribution in [2.24, 2.45) is 5.92 Å². The van der Waals surface area contributed by atoms with Gasteiger partial charge in [-0.25, -0.2) is 4.98 Å². The molecule has 1 atom stereocenters. The van der Waals surface area contributed by atoms with Gasteiger partial charge in [-0.2, -0.15) is 0 Å². The van der Waals surface area contributed by atoms with Gasteiger partial charge in [-0.1, -0.05) is 69.3 Å². The summed E-state index contributed by atoms with van der Waals surface area (Å²) in [5, 5.41) is 10.4. The molecule has 0 saturated carbocycles. The van der Waals surface area contributed by atoms with Crippen molar-refractivity contribution in [2.75, 3.05) is 25.2 Å². The van der Waals surface area contributed by atoms with Gasteiger partial charge in [-0.15, -0.1) is 0 Å². The van der Waals surface area contributed by atoms with Crippen LogP contribution in [0.4, 0.5) is 11.5 Å². The maximum Gasteiger partial charge on any atom is 0.260 e. The molecule has 1 aliphatic carbocycles. The van der Waals surface area contributed by atoms with Gasteiger partial charge < -0.3 is 21.1 Å². The highest BCUT2D eigenvalue weighted by molar-refractivity contribution is 6.30. The first-order valence-corrected chi connectivity index (χ1v) is 11.2. The van der Waals surface area contributed by atoms with Crippen molar-refractivity contribution in [3.8, 4) is 0 Å². The molecule has 2 aromatic rings. The number of nitrogen functional groups attached to an aromatic ring is 1. The Morgan fingerprint density at radius 1 is 1.35 bits per heavy atom. The summed E-state index contributed by atoms with van der Waals surface area (Å²) in [6, 6.07) is 6.79. The van der Waals surface area contributed by atoms with Crippen molar-refractivity contribution in [3.63, 3.8) is 0 Å². The van der Waals surface area contributed by atoms with Gasteiger partial charge in [0.1, 0.15) is 5.82 Å². The smallest absolute Gasteiger partial charge is 0.260 e. The molecule has 0 radical (unpaired) electrons. The number of nitrogens with one attached hydrogen (secondary N) is 1. The summed E-state index contributed by atoms with van der Waals surface area (Å²) in [6.07, 6.45) is 8.20. The molecule has 182 valence electrons. The van der Waals surface area contributed by atoms with Crippen LogP contribution in [0, 0.1) is 5.92 Å². The van der Waals surface area contributed by atoms with Gasteiger partial charge in [-0.05, 0) is 29.2 Å². The molecule has 8 heteroatoms. The minimum atomic E-state index is -0.244. The number of nitrogens with two attached hydrogens (primary N) is 1. The minimum absolute atomic E-state index is 0.244. The number of halogens is 1.